The molecule has 0 atom stereocenters. The van der Waals surface area contributed by atoms with Crippen LogP contribution < -0.4 is 9.80 Å². The Kier molecular flexibility index (Phi) is 16.8. The zero-order valence-corrected chi connectivity index (χ0v) is 64.4. The lowest BCUT2D eigenvalue weighted by molar-refractivity contribution is 1.17. The van der Waals surface area contributed by atoms with E-state index >= 15 is 0 Å². The van der Waals surface area contributed by atoms with Gasteiger partial charge in [0.1, 0.15) is 0 Å². The quantitative estimate of drug-likeness (QED) is 0.113. The van der Waals surface area contributed by atoms with Crippen LogP contribution in [0.5, 0.6) is 0 Å². The van der Waals surface area contributed by atoms with Crippen molar-refractivity contribution in [3.8, 4) is 55.9 Å². The van der Waals surface area contributed by atoms with Gasteiger partial charge in [0, 0.05) is 66.4 Å². The lowest BCUT2D eigenvalue weighted by Gasteiger charge is -2.28. The fourth-order valence-corrected chi connectivity index (χ4v) is 18.9. The summed E-state index contributed by atoms with van der Waals surface area (Å²) in [5.74, 6) is 0. The SMILES string of the molecule is Cc1ccc2c(-c3ccc4ccccc4c3)c3ccccc3c(-c3ccc(N(c4ccccc4)c4ccc(-n5c6ccccc6c6ccccc65)cc4)c4ccccc34)c2c1.c1ccc(-c2c3ccccc3c(-c3cccc4c(N(c5ccccc5)c5ccc(-n6c7ccccc7c7ccccc76)cc5)cccc34)c3ccccc23)cc1. The maximum Gasteiger partial charge on any atom is 0.0541 e. The molecule has 0 radical (unpaired) electrons. The number of rotatable bonds is 12. The van der Waals surface area contributed by atoms with Crippen molar-refractivity contribution < 1.29 is 0 Å². The van der Waals surface area contributed by atoms with Crippen LogP contribution in [-0.2, 0) is 0 Å². The molecule has 21 aromatic carbocycles. The maximum atomic E-state index is 2.41. The summed E-state index contributed by atoms with van der Waals surface area (Å²) in [5.41, 5.74) is 25.0. The highest BCUT2D eigenvalue weighted by atomic mass is 15.2. The van der Waals surface area contributed by atoms with Gasteiger partial charge in [-0.3, -0.25) is 0 Å². The van der Waals surface area contributed by atoms with E-state index in [1.54, 1.807) is 0 Å². The van der Waals surface area contributed by atoms with Crippen LogP contribution >= 0.6 is 0 Å². The van der Waals surface area contributed by atoms with Crippen LogP contribution in [0.25, 0.3) is 175 Å². The Hall–Kier alpha value is -15.4. The highest BCUT2D eigenvalue weighted by Gasteiger charge is 2.26. The van der Waals surface area contributed by atoms with Gasteiger partial charge in [0.15, 0.2) is 0 Å². The fraction of sp³-hybridized carbons (Fsp3) is 0.00885. The van der Waals surface area contributed by atoms with E-state index in [9.17, 15) is 0 Å². The second kappa shape index (κ2) is 28.7. The van der Waals surface area contributed by atoms with Gasteiger partial charge in [0.05, 0.1) is 33.4 Å². The van der Waals surface area contributed by atoms with Crippen molar-refractivity contribution in [3.63, 3.8) is 0 Å². The molecule has 23 aromatic rings. The summed E-state index contributed by atoms with van der Waals surface area (Å²) in [6.07, 6.45) is 0. The second-order valence-corrected chi connectivity index (χ2v) is 30.6. The first kappa shape index (κ1) is 68.4. The average molecular weight is 1490 g/mol. The normalized spacial score (nSPS) is 11.6. The van der Waals surface area contributed by atoms with Crippen LogP contribution in [0.2, 0.25) is 0 Å². The minimum Gasteiger partial charge on any atom is -0.310 e. The number of aryl methyl sites for hydroxylation is 1. The summed E-state index contributed by atoms with van der Waals surface area (Å²) in [6, 6.07) is 162. The van der Waals surface area contributed by atoms with Gasteiger partial charge in [-0.2, -0.15) is 0 Å². The first-order valence-corrected chi connectivity index (χ1v) is 40.4. The number of aromatic nitrogens is 2. The van der Waals surface area contributed by atoms with Crippen LogP contribution in [0, 0.1) is 6.92 Å². The van der Waals surface area contributed by atoms with E-state index in [-0.39, 0.29) is 0 Å². The van der Waals surface area contributed by atoms with Gasteiger partial charge in [0.2, 0.25) is 0 Å². The molecule has 23 rings (SSSR count). The molecule has 0 saturated heterocycles. The predicted octanol–water partition coefficient (Wildman–Crippen LogP) is 31.6. The van der Waals surface area contributed by atoms with Gasteiger partial charge >= 0.3 is 0 Å². The van der Waals surface area contributed by atoms with Crippen molar-refractivity contribution in [2.75, 3.05) is 9.80 Å². The Morgan fingerprint density at radius 2 is 0.513 bits per heavy atom. The fourth-order valence-electron chi connectivity index (χ4n) is 18.9. The minimum absolute atomic E-state index is 1.10. The number of fused-ring (bicyclic) bond motifs is 13. The van der Waals surface area contributed by atoms with Crippen molar-refractivity contribution in [2.24, 2.45) is 0 Å². The molecular formula is C113H76N4. The zero-order valence-electron chi connectivity index (χ0n) is 64.4. The number of para-hydroxylation sites is 6. The van der Waals surface area contributed by atoms with E-state index in [1.807, 2.05) is 0 Å². The number of hydrogen-bond donors (Lipinski definition) is 0. The lowest BCUT2D eigenvalue weighted by Crippen LogP contribution is -2.10. The largest absolute Gasteiger partial charge is 0.310 e. The van der Waals surface area contributed by atoms with Gasteiger partial charge in [-0.05, 0) is 231 Å². The third-order valence-electron chi connectivity index (χ3n) is 24.0. The molecular weight excluding hydrogens is 1410 g/mol. The molecule has 2 aromatic heterocycles. The molecule has 4 heteroatoms. The molecule has 4 nitrogen and oxygen atoms in total. The average Bonchev–Trinajstić information content (AvgIpc) is 1.55. The third-order valence-corrected chi connectivity index (χ3v) is 24.0. The van der Waals surface area contributed by atoms with Gasteiger partial charge < -0.3 is 18.9 Å². The first-order chi connectivity index (χ1) is 58.0. The van der Waals surface area contributed by atoms with Crippen LogP contribution in [0.3, 0.4) is 0 Å². The molecule has 0 spiro atoms. The number of nitrogens with zero attached hydrogens (tertiary/aromatic N) is 4. The van der Waals surface area contributed by atoms with Crippen LogP contribution in [-0.4, -0.2) is 9.13 Å². The number of anilines is 6. The monoisotopic (exact) mass is 1490 g/mol. The summed E-state index contributed by atoms with van der Waals surface area (Å²) in [4.78, 5) is 4.81. The molecule has 0 amide bonds. The first-order valence-electron chi connectivity index (χ1n) is 40.4. The van der Waals surface area contributed by atoms with Gasteiger partial charge in [-0.15, -0.1) is 0 Å². The van der Waals surface area contributed by atoms with E-state index in [4.69, 9.17) is 0 Å². The minimum atomic E-state index is 1.10. The van der Waals surface area contributed by atoms with Crippen LogP contribution in [0.1, 0.15) is 5.56 Å². The Morgan fingerprint density at radius 1 is 0.179 bits per heavy atom. The standard InChI is InChI=1S/C59H40N2.C54H36N2/c1-39-27-34-53-54(37-39)59(51-24-10-9-23-50(51)58(53)42-29-28-40-15-5-6-16-41(40)38-42)52-35-36-57(47-20-8-7-19-46(47)52)60(43-17-3-2-4-18-43)44-30-32-45(33-31-44)61-55-25-13-11-21-48(55)49-22-12-14-26-56(49)61;1-3-17-37(18-4-1)53-46-23-7-9-25-48(46)54(49-26-10-8-24-47(49)53)45-29-15-28-42-41(45)27-16-32-50(42)55(38-19-5-2-6-20-38)39-33-35-40(36-34-39)56-51-30-13-11-21-43(51)44-22-12-14-31-52(44)56/h2-38H,1H3;1-36H. The highest BCUT2D eigenvalue weighted by molar-refractivity contribution is 6.27. The third kappa shape index (κ3) is 11.6. The zero-order chi connectivity index (χ0) is 77.4. The van der Waals surface area contributed by atoms with Crippen molar-refractivity contribution in [1.29, 1.82) is 0 Å². The molecule has 0 bridgehead atoms. The van der Waals surface area contributed by atoms with Crippen LogP contribution in [0.15, 0.2) is 443 Å². The van der Waals surface area contributed by atoms with Crippen molar-refractivity contribution in [1.82, 2.24) is 9.13 Å². The van der Waals surface area contributed by atoms with Gasteiger partial charge in [-0.1, -0.05) is 333 Å². The lowest BCUT2D eigenvalue weighted by atomic mass is 9.83. The molecule has 0 fully saturated rings. The number of benzene rings is 21. The summed E-state index contributed by atoms with van der Waals surface area (Å²) >= 11 is 0. The predicted molar refractivity (Wildman–Crippen MR) is 500 cm³/mol. The Morgan fingerprint density at radius 3 is 1.00 bits per heavy atom. The van der Waals surface area contributed by atoms with Gasteiger partial charge in [0.25, 0.3) is 0 Å². The van der Waals surface area contributed by atoms with E-state index < -0.39 is 0 Å². The maximum absolute atomic E-state index is 2.41. The molecule has 0 saturated carbocycles. The van der Waals surface area contributed by atoms with Crippen molar-refractivity contribution >= 4 is 153 Å². The van der Waals surface area contributed by atoms with Crippen molar-refractivity contribution in [2.45, 2.75) is 6.92 Å². The van der Waals surface area contributed by atoms with E-state index in [0.717, 1.165) is 45.5 Å². The molecule has 548 valence electrons. The summed E-state index contributed by atoms with van der Waals surface area (Å²) in [6.45, 7) is 2.21. The Labute approximate surface area is 678 Å². The topological polar surface area (TPSA) is 16.3 Å². The summed E-state index contributed by atoms with van der Waals surface area (Å²) in [7, 11) is 0. The smallest absolute Gasteiger partial charge is 0.0541 e. The summed E-state index contributed by atoms with van der Waals surface area (Å²) < 4.78 is 4.76. The Bertz CT molecular complexity index is 7650. The molecule has 0 unspecified atom stereocenters. The van der Waals surface area contributed by atoms with E-state index in [2.05, 4.69) is 469 Å². The molecule has 0 N–H and O–H groups in total. The molecule has 2 heterocycles. The molecule has 0 aliphatic rings. The second-order valence-electron chi connectivity index (χ2n) is 30.6. The van der Waals surface area contributed by atoms with E-state index in [1.165, 1.54) is 169 Å². The van der Waals surface area contributed by atoms with Gasteiger partial charge in [-0.25, -0.2) is 0 Å². The highest BCUT2D eigenvalue weighted by Crippen LogP contribution is 2.52. The summed E-state index contributed by atoms with van der Waals surface area (Å²) in [5, 5.41) is 22.4. The van der Waals surface area contributed by atoms with Crippen LogP contribution in [0.4, 0.5) is 34.1 Å². The molecule has 0 aliphatic heterocycles. The Balaban J connectivity index is 0.000000142. The molecule has 0 aliphatic carbocycles. The van der Waals surface area contributed by atoms with Crippen molar-refractivity contribution in [3.05, 3.63) is 448 Å². The van der Waals surface area contributed by atoms with E-state index in [0.29, 0.717) is 0 Å². The number of hydrogen-bond acceptors (Lipinski definition) is 2. The molecule has 117 heavy (non-hydrogen) atoms.